The molecule has 1 aromatic rings. The fraction of sp³-hybridized carbons (Fsp3) is 0.500. The molecule has 12 heavy (non-hydrogen) atoms. The number of hydrogen-bond acceptors (Lipinski definition) is 2. The van der Waals surface area contributed by atoms with Crippen LogP contribution in [0.4, 0.5) is 0 Å². The summed E-state index contributed by atoms with van der Waals surface area (Å²) in [6, 6.07) is 0. The van der Waals surface area contributed by atoms with Gasteiger partial charge in [-0.25, -0.2) is 0 Å². The van der Waals surface area contributed by atoms with Gasteiger partial charge in [0, 0.05) is 11.3 Å². The van der Waals surface area contributed by atoms with Crippen LogP contribution in [0.2, 0.25) is 0 Å². The zero-order valence-electron chi connectivity index (χ0n) is 7.35. The third-order valence-electron chi connectivity index (χ3n) is 1.84. The highest BCUT2D eigenvalue weighted by Crippen LogP contribution is 2.10. The second-order valence-corrected chi connectivity index (χ2v) is 2.79. The number of carbonyl (C=O) groups is 1. The molecule has 0 aliphatic heterocycles. The van der Waals surface area contributed by atoms with Crippen LogP contribution in [0.15, 0.2) is 0 Å². The van der Waals surface area contributed by atoms with E-state index in [1.165, 1.54) is 0 Å². The first-order chi connectivity index (χ1) is 5.66. The van der Waals surface area contributed by atoms with Gasteiger partial charge in [0.2, 0.25) is 0 Å². The van der Waals surface area contributed by atoms with Gasteiger partial charge in [-0.15, -0.1) is 0 Å². The highest BCUT2D eigenvalue weighted by Gasteiger charge is 2.11. The average molecular weight is 167 g/mol. The summed E-state index contributed by atoms with van der Waals surface area (Å²) >= 11 is 0. The van der Waals surface area contributed by atoms with Gasteiger partial charge < -0.3 is 5.73 Å². The number of nitrogens with zero attached hydrogens (tertiary/aromatic N) is 1. The largest absolute Gasteiger partial charge is 0.364 e. The molecule has 0 aliphatic carbocycles. The number of amides is 1. The number of nitrogens with one attached hydrogen (secondary N) is 1. The lowest BCUT2D eigenvalue weighted by molar-refractivity contribution is 0.0995. The van der Waals surface area contributed by atoms with Crippen LogP contribution in [0, 0.1) is 6.92 Å². The zero-order valence-corrected chi connectivity index (χ0v) is 7.35. The SMILES string of the molecule is CCCc1[nH]nc(C(N)=O)c1C. The van der Waals surface area contributed by atoms with Crippen LogP contribution in [0.3, 0.4) is 0 Å². The Balaban J connectivity index is 2.96. The number of aryl methyl sites for hydroxylation is 1. The highest BCUT2D eigenvalue weighted by molar-refractivity contribution is 5.92. The first-order valence-corrected chi connectivity index (χ1v) is 4.00. The van der Waals surface area contributed by atoms with E-state index >= 15 is 0 Å². The normalized spacial score (nSPS) is 10.2. The fourth-order valence-electron chi connectivity index (χ4n) is 1.17. The topological polar surface area (TPSA) is 71.8 Å². The van der Waals surface area contributed by atoms with Crippen molar-refractivity contribution in [3.8, 4) is 0 Å². The Morgan fingerprint density at radius 1 is 1.67 bits per heavy atom. The lowest BCUT2D eigenvalue weighted by Gasteiger charge is -1.94. The number of aromatic nitrogens is 2. The van der Waals surface area contributed by atoms with Crippen molar-refractivity contribution in [3.05, 3.63) is 17.0 Å². The Labute approximate surface area is 71.2 Å². The molecular formula is C8H13N3O. The molecule has 4 heteroatoms. The molecule has 0 atom stereocenters. The van der Waals surface area contributed by atoms with Crippen LogP contribution >= 0.6 is 0 Å². The molecule has 0 aliphatic rings. The number of H-pyrrole nitrogens is 1. The van der Waals surface area contributed by atoms with Crippen molar-refractivity contribution in [2.75, 3.05) is 0 Å². The zero-order chi connectivity index (χ0) is 9.14. The van der Waals surface area contributed by atoms with Crippen LogP contribution in [0.25, 0.3) is 0 Å². The number of aromatic amines is 1. The predicted octanol–water partition coefficient (Wildman–Crippen LogP) is 0.770. The van der Waals surface area contributed by atoms with E-state index in [2.05, 4.69) is 17.1 Å². The third kappa shape index (κ3) is 1.47. The molecular weight excluding hydrogens is 154 g/mol. The number of rotatable bonds is 3. The van der Waals surface area contributed by atoms with E-state index in [0.29, 0.717) is 5.69 Å². The number of hydrogen-bond donors (Lipinski definition) is 2. The van der Waals surface area contributed by atoms with E-state index in [0.717, 1.165) is 24.1 Å². The van der Waals surface area contributed by atoms with E-state index in [4.69, 9.17) is 5.73 Å². The minimum atomic E-state index is -0.467. The standard InChI is InChI=1S/C8H13N3O/c1-3-4-6-5(2)7(8(9)12)11-10-6/h3-4H2,1-2H3,(H2,9,12)(H,10,11). The van der Waals surface area contributed by atoms with Crippen LogP contribution in [0.1, 0.15) is 35.1 Å². The summed E-state index contributed by atoms with van der Waals surface area (Å²) in [5.74, 6) is -0.467. The average Bonchev–Trinajstić information content (AvgIpc) is 2.34. The molecule has 0 aromatic carbocycles. The second kappa shape index (κ2) is 3.38. The molecule has 4 nitrogen and oxygen atoms in total. The lowest BCUT2D eigenvalue weighted by Crippen LogP contribution is -2.12. The van der Waals surface area contributed by atoms with Gasteiger partial charge in [-0.2, -0.15) is 5.10 Å². The minimum Gasteiger partial charge on any atom is -0.364 e. The van der Waals surface area contributed by atoms with Crippen molar-refractivity contribution in [1.29, 1.82) is 0 Å². The summed E-state index contributed by atoms with van der Waals surface area (Å²) in [6.45, 7) is 3.93. The predicted molar refractivity (Wildman–Crippen MR) is 45.8 cm³/mol. The van der Waals surface area contributed by atoms with Gasteiger partial charge in [0.15, 0.2) is 5.69 Å². The van der Waals surface area contributed by atoms with Crippen LogP contribution in [0.5, 0.6) is 0 Å². The molecule has 0 saturated carbocycles. The molecule has 66 valence electrons. The van der Waals surface area contributed by atoms with Crippen molar-refractivity contribution in [3.63, 3.8) is 0 Å². The summed E-state index contributed by atoms with van der Waals surface area (Å²) < 4.78 is 0. The summed E-state index contributed by atoms with van der Waals surface area (Å²) in [7, 11) is 0. The Bertz CT molecular complexity index is 290. The molecule has 0 radical (unpaired) electrons. The molecule has 1 rings (SSSR count). The maximum absolute atomic E-state index is 10.8. The molecule has 0 bridgehead atoms. The van der Waals surface area contributed by atoms with E-state index in [-0.39, 0.29) is 0 Å². The lowest BCUT2D eigenvalue weighted by atomic mass is 10.1. The van der Waals surface area contributed by atoms with Gasteiger partial charge in [0.25, 0.3) is 5.91 Å². The summed E-state index contributed by atoms with van der Waals surface area (Å²) in [5, 5.41) is 6.64. The van der Waals surface area contributed by atoms with E-state index in [9.17, 15) is 4.79 Å². The monoisotopic (exact) mass is 167 g/mol. The first-order valence-electron chi connectivity index (χ1n) is 4.00. The van der Waals surface area contributed by atoms with E-state index in [1.54, 1.807) is 0 Å². The Morgan fingerprint density at radius 2 is 2.33 bits per heavy atom. The molecule has 1 heterocycles. The van der Waals surface area contributed by atoms with Gasteiger partial charge in [-0.05, 0) is 13.3 Å². The highest BCUT2D eigenvalue weighted by atomic mass is 16.1. The van der Waals surface area contributed by atoms with Gasteiger partial charge in [0.05, 0.1) is 0 Å². The van der Waals surface area contributed by atoms with Crippen molar-refractivity contribution < 1.29 is 4.79 Å². The summed E-state index contributed by atoms with van der Waals surface area (Å²) in [5.41, 5.74) is 7.35. The summed E-state index contributed by atoms with van der Waals surface area (Å²) in [6.07, 6.45) is 1.94. The molecule has 0 fully saturated rings. The van der Waals surface area contributed by atoms with Gasteiger partial charge >= 0.3 is 0 Å². The smallest absolute Gasteiger partial charge is 0.269 e. The number of primary amides is 1. The minimum absolute atomic E-state index is 0.360. The van der Waals surface area contributed by atoms with Gasteiger partial charge in [-0.3, -0.25) is 9.89 Å². The van der Waals surface area contributed by atoms with Gasteiger partial charge in [-0.1, -0.05) is 13.3 Å². The molecule has 0 spiro atoms. The van der Waals surface area contributed by atoms with Crippen molar-refractivity contribution in [1.82, 2.24) is 10.2 Å². The van der Waals surface area contributed by atoms with Crippen molar-refractivity contribution >= 4 is 5.91 Å². The van der Waals surface area contributed by atoms with Crippen LogP contribution < -0.4 is 5.73 Å². The van der Waals surface area contributed by atoms with Crippen LogP contribution in [-0.2, 0) is 6.42 Å². The second-order valence-electron chi connectivity index (χ2n) is 2.79. The van der Waals surface area contributed by atoms with Crippen molar-refractivity contribution in [2.24, 2.45) is 5.73 Å². The maximum atomic E-state index is 10.8. The Hall–Kier alpha value is -1.32. The quantitative estimate of drug-likeness (QED) is 0.697. The van der Waals surface area contributed by atoms with Crippen LogP contribution in [-0.4, -0.2) is 16.1 Å². The number of carbonyl (C=O) groups excluding carboxylic acids is 1. The van der Waals surface area contributed by atoms with E-state index in [1.807, 2.05) is 6.92 Å². The third-order valence-corrected chi connectivity index (χ3v) is 1.84. The molecule has 3 N–H and O–H groups in total. The van der Waals surface area contributed by atoms with E-state index < -0.39 is 5.91 Å². The number of nitrogens with two attached hydrogens (primary N) is 1. The maximum Gasteiger partial charge on any atom is 0.269 e. The molecule has 0 saturated heterocycles. The van der Waals surface area contributed by atoms with Crippen molar-refractivity contribution in [2.45, 2.75) is 26.7 Å². The summed E-state index contributed by atoms with van der Waals surface area (Å²) in [4.78, 5) is 10.8. The first kappa shape index (κ1) is 8.77. The molecule has 0 unspecified atom stereocenters. The Morgan fingerprint density at radius 3 is 2.75 bits per heavy atom. The molecule has 1 amide bonds. The fourth-order valence-corrected chi connectivity index (χ4v) is 1.17. The molecule has 1 aromatic heterocycles. The van der Waals surface area contributed by atoms with Gasteiger partial charge in [0.1, 0.15) is 0 Å². The Kier molecular flexibility index (Phi) is 2.47.